The Morgan fingerprint density at radius 2 is 2.25 bits per heavy atom. The number of halogens is 1. The monoisotopic (exact) mass is 251 g/mol. The molecule has 0 fully saturated rings. The van der Waals surface area contributed by atoms with Crippen molar-refractivity contribution in [1.29, 1.82) is 0 Å². The zero-order chi connectivity index (χ0) is 11.4. The average Bonchev–Trinajstić information content (AvgIpc) is 2.79. The number of nitrogens with zero attached hydrogens (tertiary/aromatic N) is 2. The molecule has 0 saturated carbocycles. The molecule has 82 valence electrons. The minimum atomic E-state index is 0.453. The van der Waals surface area contributed by atoms with E-state index in [0.717, 1.165) is 10.6 Å². The second-order valence-electron chi connectivity index (χ2n) is 3.13. The third-order valence-electron chi connectivity index (χ3n) is 1.93. The van der Waals surface area contributed by atoms with Gasteiger partial charge < -0.3 is 0 Å². The van der Waals surface area contributed by atoms with Crippen molar-refractivity contribution < 1.29 is 0 Å². The Bertz CT molecular complexity index is 494. The number of rotatable bonds is 3. The van der Waals surface area contributed by atoms with Crippen molar-refractivity contribution in [3.63, 3.8) is 0 Å². The molecule has 0 amide bonds. The molecule has 2 heterocycles. The molecule has 3 nitrogen and oxygen atoms in total. The van der Waals surface area contributed by atoms with Crippen molar-refractivity contribution >= 4 is 34.5 Å². The van der Waals surface area contributed by atoms with Gasteiger partial charge in [0.2, 0.25) is 0 Å². The minimum Gasteiger partial charge on any atom is -0.261 e. The molecule has 0 unspecified atom stereocenters. The Labute approximate surface area is 103 Å². The van der Waals surface area contributed by atoms with E-state index < -0.39 is 0 Å². The SMILES string of the molecule is C/C(=N\Nc1cccc(Cl)n1)c1cccs1. The van der Waals surface area contributed by atoms with Gasteiger partial charge in [0, 0.05) is 4.88 Å². The van der Waals surface area contributed by atoms with E-state index in [4.69, 9.17) is 11.6 Å². The smallest absolute Gasteiger partial charge is 0.147 e. The Kier molecular flexibility index (Phi) is 3.54. The molecule has 2 aromatic heterocycles. The first-order valence-electron chi connectivity index (χ1n) is 4.72. The summed E-state index contributed by atoms with van der Waals surface area (Å²) in [5.74, 6) is 0.642. The number of pyridine rings is 1. The van der Waals surface area contributed by atoms with Gasteiger partial charge in [-0.1, -0.05) is 23.7 Å². The second kappa shape index (κ2) is 5.09. The first-order chi connectivity index (χ1) is 7.75. The number of hydrogen-bond acceptors (Lipinski definition) is 4. The summed E-state index contributed by atoms with van der Waals surface area (Å²) in [7, 11) is 0. The summed E-state index contributed by atoms with van der Waals surface area (Å²) < 4.78 is 0. The standard InChI is InChI=1S/C11H10ClN3S/c1-8(9-4-3-7-16-9)14-15-11-6-2-5-10(12)13-11/h2-7H,1H3,(H,13,15)/b14-8+. The molecule has 0 bridgehead atoms. The number of nitrogens with one attached hydrogen (secondary N) is 1. The number of aromatic nitrogens is 1. The van der Waals surface area contributed by atoms with Gasteiger partial charge in [-0.2, -0.15) is 5.10 Å². The fourth-order valence-corrected chi connectivity index (χ4v) is 1.99. The van der Waals surface area contributed by atoms with Crippen LogP contribution in [0.1, 0.15) is 11.8 Å². The van der Waals surface area contributed by atoms with E-state index in [2.05, 4.69) is 15.5 Å². The second-order valence-corrected chi connectivity index (χ2v) is 4.47. The zero-order valence-electron chi connectivity index (χ0n) is 8.64. The molecule has 0 saturated heterocycles. The number of hydrogen-bond donors (Lipinski definition) is 1. The van der Waals surface area contributed by atoms with Crippen molar-refractivity contribution in [3.8, 4) is 0 Å². The lowest BCUT2D eigenvalue weighted by molar-refractivity contribution is 1.22. The van der Waals surface area contributed by atoms with E-state index in [1.807, 2.05) is 36.6 Å². The Hall–Kier alpha value is -1.39. The van der Waals surface area contributed by atoms with Crippen LogP contribution in [0.25, 0.3) is 0 Å². The highest BCUT2D eigenvalue weighted by Crippen LogP contribution is 2.12. The summed E-state index contributed by atoms with van der Waals surface area (Å²) in [6.45, 7) is 1.95. The molecule has 2 aromatic rings. The highest BCUT2D eigenvalue weighted by molar-refractivity contribution is 7.12. The first kappa shape index (κ1) is 11.1. The van der Waals surface area contributed by atoms with E-state index in [-0.39, 0.29) is 0 Å². The van der Waals surface area contributed by atoms with Crippen molar-refractivity contribution in [3.05, 3.63) is 45.7 Å². The topological polar surface area (TPSA) is 37.3 Å². The molecular formula is C11H10ClN3S. The van der Waals surface area contributed by atoms with Gasteiger partial charge in [0.05, 0.1) is 5.71 Å². The quantitative estimate of drug-likeness (QED) is 0.514. The Morgan fingerprint density at radius 3 is 2.94 bits per heavy atom. The Morgan fingerprint density at radius 1 is 1.38 bits per heavy atom. The molecule has 16 heavy (non-hydrogen) atoms. The van der Waals surface area contributed by atoms with Crippen LogP contribution in [0.4, 0.5) is 5.82 Å². The normalized spacial score (nSPS) is 11.5. The molecule has 1 N–H and O–H groups in total. The van der Waals surface area contributed by atoms with Crippen LogP contribution in [-0.4, -0.2) is 10.7 Å². The molecular weight excluding hydrogens is 242 g/mol. The van der Waals surface area contributed by atoms with Gasteiger partial charge >= 0.3 is 0 Å². The molecule has 0 radical (unpaired) electrons. The molecule has 0 aliphatic carbocycles. The van der Waals surface area contributed by atoms with Gasteiger partial charge in [0.25, 0.3) is 0 Å². The predicted octanol–water partition coefficient (Wildman–Crippen LogP) is 3.63. The van der Waals surface area contributed by atoms with Crippen LogP contribution in [0.3, 0.4) is 0 Å². The molecule has 0 spiro atoms. The van der Waals surface area contributed by atoms with Crippen LogP contribution in [0.2, 0.25) is 5.15 Å². The van der Waals surface area contributed by atoms with Crippen LogP contribution >= 0.6 is 22.9 Å². The maximum atomic E-state index is 5.76. The van der Waals surface area contributed by atoms with Crippen molar-refractivity contribution in [2.75, 3.05) is 5.43 Å². The van der Waals surface area contributed by atoms with Crippen LogP contribution in [0.5, 0.6) is 0 Å². The average molecular weight is 252 g/mol. The maximum absolute atomic E-state index is 5.76. The fourth-order valence-electron chi connectivity index (χ4n) is 1.15. The zero-order valence-corrected chi connectivity index (χ0v) is 10.2. The summed E-state index contributed by atoms with van der Waals surface area (Å²) in [5.41, 5.74) is 3.80. The first-order valence-corrected chi connectivity index (χ1v) is 5.98. The van der Waals surface area contributed by atoms with Crippen LogP contribution in [-0.2, 0) is 0 Å². The molecule has 0 atom stereocenters. The number of anilines is 1. The lowest BCUT2D eigenvalue weighted by atomic mass is 10.3. The lowest BCUT2D eigenvalue weighted by Crippen LogP contribution is -1.98. The fraction of sp³-hybridized carbons (Fsp3) is 0.0909. The van der Waals surface area contributed by atoms with Gasteiger partial charge in [0.15, 0.2) is 0 Å². The summed E-state index contributed by atoms with van der Waals surface area (Å²) in [4.78, 5) is 5.21. The predicted molar refractivity (Wildman–Crippen MR) is 69.4 cm³/mol. The van der Waals surface area contributed by atoms with Gasteiger partial charge in [-0.05, 0) is 30.5 Å². The van der Waals surface area contributed by atoms with E-state index in [0.29, 0.717) is 11.0 Å². The third kappa shape index (κ3) is 2.81. The molecule has 0 aliphatic rings. The maximum Gasteiger partial charge on any atom is 0.147 e. The van der Waals surface area contributed by atoms with Crippen LogP contribution < -0.4 is 5.43 Å². The van der Waals surface area contributed by atoms with E-state index in [1.54, 1.807) is 17.4 Å². The molecule has 0 aromatic carbocycles. The summed E-state index contributed by atoms with van der Waals surface area (Å²) in [5, 5.41) is 6.71. The number of hydrazone groups is 1. The van der Waals surface area contributed by atoms with Crippen molar-refractivity contribution in [2.24, 2.45) is 5.10 Å². The lowest BCUT2D eigenvalue weighted by Gasteiger charge is -2.01. The summed E-state index contributed by atoms with van der Waals surface area (Å²) >= 11 is 7.41. The van der Waals surface area contributed by atoms with E-state index in [1.165, 1.54) is 0 Å². The minimum absolute atomic E-state index is 0.453. The molecule has 5 heteroatoms. The Balaban J connectivity index is 2.09. The summed E-state index contributed by atoms with van der Waals surface area (Å²) in [6, 6.07) is 9.39. The van der Waals surface area contributed by atoms with Gasteiger partial charge in [-0.15, -0.1) is 11.3 Å². The molecule has 2 rings (SSSR count). The highest BCUT2D eigenvalue weighted by atomic mass is 35.5. The highest BCUT2D eigenvalue weighted by Gasteiger charge is 1.98. The van der Waals surface area contributed by atoms with Crippen LogP contribution in [0.15, 0.2) is 40.8 Å². The largest absolute Gasteiger partial charge is 0.261 e. The van der Waals surface area contributed by atoms with Gasteiger partial charge in [-0.25, -0.2) is 4.98 Å². The summed E-state index contributed by atoms with van der Waals surface area (Å²) in [6.07, 6.45) is 0. The van der Waals surface area contributed by atoms with Gasteiger partial charge in [0.1, 0.15) is 11.0 Å². The van der Waals surface area contributed by atoms with Crippen molar-refractivity contribution in [1.82, 2.24) is 4.98 Å². The number of thiophene rings is 1. The third-order valence-corrected chi connectivity index (χ3v) is 3.12. The van der Waals surface area contributed by atoms with Gasteiger partial charge in [-0.3, -0.25) is 5.43 Å². The van der Waals surface area contributed by atoms with Crippen LogP contribution in [0, 0.1) is 0 Å². The van der Waals surface area contributed by atoms with E-state index >= 15 is 0 Å². The van der Waals surface area contributed by atoms with Crippen molar-refractivity contribution in [2.45, 2.75) is 6.92 Å². The molecule has 0 aliphatic heterocycles. The van der Waals surface area contributed by atoms with E-state index in [9.17, 15) is 0 Å².